The molecule has 3 heteroatoms. The Morgan fingerprint density at radius 3 is 2.45 bits per heavy atom. The molecule has 2 atom stereocenters. The number of methoxy groups -OCH3 is 1. The molecule has 0 saturated carbocycles. The van der Waals surface area contributed by atoms with Crippen molar-refractivity contribution in [1.82, 2.24) is 5.32 Å². The van der Waals surface area contributed by atoms with Gasteiger partial charge in [-0.15, -0.1) is 0 Å². The molecule has 0 amide bonds. The third kappa shape index (κ3) is 3.62. The van der Waals surface area contributed by atoms with Crippen molar-refractivity contribution >= 4 is 15.9 Å². The van der Waals surface area contributed by atoms with Crippen molar-refractivity contribution in [3.05, 3.63) is 64.1 Å². The van der Waals surface area contributed by atoms with Crippen LogP contribution in [0.1, 0.15) is 37.1 Å². The van der Waals surface area contributed by atoms with Gasteiger partial charge in [-0.2, -0.15) is 0 Å². The fraction of sp³-hybridized carbons (Fsp3) is 0.294. The van der Waals surface area contributed by atoms with Gasteiger partial charge in [0.1, 0.15) is 5.75 Å². The highest BCUT2D eigenvalue weighted by atomic mass is 79.9. The smallest absolute Gasteiger partial charge is 0.123 e. The normalized spacial score (nSPS) is 13.8. The lowest BCUT2D eigenvalue weighted by molar-refractivity contribution is 0.396. The van der Waals surface area contributed by atoms with Crippen LogP contribution < -0.4 is 10.1 Å². The Kier molecular flexibility index (Phi) is 5.21. The van der Waals surface area contributed by atoms with Crippen LogP contribution in [0.2, 0.25) is 0 Å². The number of benzene rings is 2. The second-order valence-electron chi connectivity index (χ2n) is 4.91. The second kappa shape index (κ2) is 6.91. The molecule has 0 radical (unpaired) electrons. The van der Waals surface area contributed by atoms with Crippen LogP contribution in [0.5, 0.6) is 5.75 Å². The van der Waals surface area contributed by atoms with Gasteiger partial charge in [-0.1, -0.05) is 46.3 Å². The van der Waals surface area contributed by atoms with E-state index in [1.54, 1.807) is 7.11 Å². The summed E-state index contributed by atoms with van der Waals surface area (Å²) in [5.74, 6) is 0.925. The summed E-state index contributed by atoms with van der Waals surface area (Å²) < 4.78 is 6.53. The van der Waals surface area contributed by atoms with Gasteiger partial charge in [0.15, 0.2) is 0 Å². The molecule has 0 spiro atoms. The molecule has 0 aliphatic rings. The van der Waals surface area contributed by atoms with Gasteiger partial charge in [0.2, 0.25) is 0 Å². The maximum atomic E-state index is 5.43. The molecule has 0 bridgehead atoms. The molecule has 106 valence electrons. The van der Waals surface area contributed by atoms with Crippen LogP contribution in [0, 0.1) is 0 Å². The van der Waals surface area contributed by atoms with Crippen LogP contribution in [0.25, 0.3) is 0 Å². The molecule has 2 aromatic rings. The molecule has 0 heterocycles. The van der Waals surface area contributed by atoms with E-state index in [1.807, 2.05) is 24.3 Å². The Morgan fingerprint density at radius 2 is 1.75 bits per heavy atom. The maximum Gasteiger partial charge on any atom is 0.123 e. The summed E-state index contributed by atoms with van der Waals surface area (Å²) in [4.78, 5) is 0. The average Bonchev–Trinajstić information content (AvgIpc) is 2.47. The number of para-hydroxylation sites is 1. The zero-order valence-electron chi connectivity index (χ0n) is 12.1. The molecular weight excluding hydrogens is 314 g/mol. The van der Waals surface area contributed by atoms with Gasteiger partial charge in [-0.3, -0.25) is 0 Å². The summed E-state index contributed by atoms with van der Waals surface area (Å²) >= 11 is 3.52. The molecule has 0 aromatic heterocycles. The van der Waals surface area contributed by atoms with E-state index in [1.165, 1.54) is 11.1 Å². The van der Waals surface area contributed by atoms with Gasteiger partial charge in [-0.05, 0) is 37.6 Å². The first-order valence-corrected chi connectivity index (χ1v) is 7.55. The van der Waals surface area contributed by atoms with Crippen molar-refractivity contribution in [2.75, 3.05) is 7.11 Å². The zero-order valence-corrected chi connectivity index (χ0v) is 13.6. The van der Waals surface area contributed by atoms with E-state index in [0.717, 1.165) is 10.2 Å². The van der Waals surface area contributed by atoms with Crippen molar-refractivity contribution in [3.63, 3.8) is 0 Å². The molecule has 0 aliphatic heterocycles. The van der Waals surface area contributed by atoms with Crippen molar-refractivity contribution in [1.29, 1.82) is 0 Å². The first kappa shape index (κ1) is 15.1. The first-order chi connectivity index (χ1) is 9.61. The van der Waals surface area contributed by atoms with E-state index in [0.29, 0.717) is 0 Å². The Labute approximate surface area is 129 Å². The molecule has 2 aromatic carbocycles. The van der Waals surface area contributed by atoms with Crippen LogP contribution >= 0.6 is 15.9 Å². The molecule has 1 N–H and O–H groups in total. The summed E-state index contributed by atoms with van der Waals surface area (Å²) in [5, 5.41) is 3.61. The van der Waals surface area contributed by atoms with Crippen LogP contribution in [0.15, 0.2) is 53.0 Å². The van der Waals surface area contributed by atoms with Crippen LogP contribution in [0.3, 0.4) is 0 Å². The third-order valence-electron chi connectivity index (χ3n) is 3.45. The highest BCUT2D eigenvalue weighted by Crippen LogP contribution is 2.27. The molecule has 20 heavy (non-hydrogen) atoms. The summed E-state index contributed by atoms with van der Waals surface area (Å²) in [5.41, 5.74) is 2.44. The topological polar surface area (TPSA) is 21.3 Å². The van der Waals surface area contributed by atoms with E-state index in [-0.39, 0.29) is 12.1 Å². The van der Waals surface area contributed by atoms with Gasteiger partial charge in [0.25, 0.3) is 0 Å². The number of hydrogen-bond donors (Lipinski definition) is 1. The predicted molar refractivity (Wildman–Crippen MR) is 87.1 cm³/mol. The molecule has 1 unspecified atom stereocenters. The number of rotatable bonds is 5. The summed E-state index contributed by atoms with van der Waals surface area (Å²) in [6, 6.07) is 17.0. The predicted octanol–water partition coefficient (Wildman–Crippen LogP) is 4.87. The Hall–Kier alpha value is -1.32. The summed E-state index contributed by atoms with van der Waals surface area (Å²) in [7, 11) is 1.71. The highest BCUT2D eigenvalue weighted by molar-refractivity contribution is 9.10. The minimum atomic E-state index is 0.222. The number of ether oxygens (including phenoxy) is 1. The number of nitrogens with one attached hydrogen (secondary N) is 1. The molecule has 2 rings (SSSR count). The zero-order chi connectivity index (χ0) is 14.5. The number of halogens is 1. The highest BCUT2D eigenvalue weighted by Gasteiger charge is 2.14. The molecule has 2 nitrogen and oxygen atoms in total. The van der Waals surface area contributed by atoms with Crippen molar-refractivity contribution in [3.8, 4) is 5.75 Å². The van der Waals surface area contributed by atoms with Gasteiger partial charge in [0.05, 0.1) is 7.11 Å². The fourth-order valence-electron chi connectivity index (χ4n) is 2.36. The Balaban J connectivity index is 2.13. The van der Waals surface area contributed by atoms with Gasteiger partial charge in [0, 0.05) is 22.1 Å². The van der Waals surface area contributed by atoms with Gasteiger partial charge >= 0.3 is 0 Å². The van der Waals surface area contributed by atoms with Crippen LogP contribution in [-0.4, -0.2) is 7.11 Å². The van der Waals surface area contributed by atoms with Crippen LogP contribution in [0.4, 0.5) is 0 Å². The SMILES string of the molecule is COc1ccccc1[C@@H](C)NC(C)c1cccc(Br)c1. The minimum Gasteiger partial charge on any atom is -0.496 e. The Bertz CT molecular complexity index is 570. The molecule has 0 fully saturated rings. The average molecular weight is 334 g/mol. The second-order valence-corrected chi connectivity index (χ2v) is 5.82. The third-order valence-corrected chi connectivity index (χ3v) is 3.95. The minimum absolute atomic E-state index is 0.222. The van der Waals surface area contributed by atoms with Crippen molar-refractivity contribution in [2.24, 2.45) is 0 Å². The van der Waals surface area contributed by atoms with Crippen molar-refractivity contribution in [2.45, 2.75) is 25.9 Å². The van der Waals surface area contributed by atoms with E-state index in [2.05, 4.69) is 59.4 Å². The van der Waals surface area contributed by atoms with Crippen molar-refractivity contribution < 1.29 is 4.74 Å². The molecule has 0 aliphatic carbocycles. The van der Waals surface area contributed by atoms with E-state index >= 15 is 0 Å². The van der Waals surface area contributed by atoms with Crippen LogP contribution in [-0.2, 0) is 0 Å². The number of hydrogen-bond acceptors (Lipinski definition) is 2. The van der Waals surface area contributed by atoms with E-state index in [4.69, 9.17) is 4.74 Å². The lowest BCUT2D eigenvalue weighted by Gasteiger charge is -2.22. The molecule has 0 saturated heterocycles. The summed E-state index contributed by atoms with van der Waals surface area (Å²) in [6.45, 7) is 4.33. The monoisotopic (exact) mass is 333 g/mol. The quantitative estimate of drug-likeness (QED) is 0.842. The Morgan fingerprint density at radius 1 is 1.00 bits per heavy atom. The van der Waals surface area contributed by atoms with Gasteiger partial charge in [-0.25, -0.2) is 0 Å². The maximum absolute atomic E-state index is 5.43. The van der Waals surface area contributed by atoms with Gasteiger partial charge < -0.3 is 10.1 Å². The standard InChI is InChI=1S/C17H20BrNO/c1-12(14-7-6-8-15(18)11-14)19-13(2)16-9-4-5-10-17(16)20-3/h4-13,19H,1-3H3/t12?,13-/m1/s1. The molecular formula is C17H20BrNO. The fourth-order valence-corrected chi connectivity index (χ4v) is 2.78. The first-order valence-electron chi connectivity index (χ1n) is 6.76. The lowest BCUT2D eigenvalue weighted by atomic mass is 10.0. The largest absolute Gasteiger partial charge is 0.496 e. The summed E-state index contributed by atoms with van der Waals surface area (Å²) in [6.07, 6.45) is 0. The lowest BCUT2D eigenvalue weighted by Crippen LogP contribution is -2.22. The van der Waals surface area contributed by atoms with E-state index in [9.17, 15) is 0 Å². The van der Waals surface area contributed by atoms with E-state index < -0.39 is 0 Å².